The lowest BCUT2D eigenvalue weighted by molar-refractivity contribution is -0.145. The molecule has 0 aromatic carbocycles. The van der Waals surface area contributed by atoms with Crippen LogP contribution in [0.3, 0.4) is 0 Å². The zero-order valence-corrected chi connectivity index (χ0v) is 8.32. The largest absolute Gasteiger partial charge is 0.465 e. The summed E-state index contributed by atoms with van der Waals surface area (Å²) in [5.74, 6) is 0.539. The van der Waals surface area contributed by atoms with Gasteiger partial charge in [0.05, 0.1) is 12.7 Å². The van der Waals surface area contributed by atoms with E-state index >= 15 is 0 Å². The highest BCUT2D eigenvalue weighted by atomic mass is 16.5. The summed E-state index contributed by atoms with van der Waals surface area (Å²) in [5, 5.41) is 9.55. The van der Waals surface area contributed by atoms with Crippen molar-refractivity contribution < 1.29 is 14.6 Å². The van der Waals surface area contributed by atoms with Gasteiger partial charge in [-0.2, -0.15) is 0 Å². The minimum absolute atomic E-state index is 0.158. The van der Waals surface area contributed by atoms with Crippen LogP contribution in [0.4, 0.5) is 0 Å². The molecule has 1 saturated carbocycles. The molecule has 1 aliphatic rings. The molecule has 74 valence electrons. The first-order chi connectivity index (χ1) is 6.13. The number of esters is 1. The van der Waals surface area contributed by atoms with Gasteiger partial charge in [0, 0.05) is 12.3 Å². The summed E-state index contributed by atoms with van der Waals surface area (Å²) in [4.78, 5) is 10.9. The molecule has 0 bridgehead atoms. The molecule has 4 heteroatoms. The van der Waals surface area contributed by atoms with Crippen molar-refractivity contribution in [2.24, 2.45) is 5.92 Å². The lowest BCUT2D eigenvalue weighted by Crippen LogP contribution is -2.20. The molecule has 0 saturated heterocycles. The summed E-state index contributed by atoms with van der Waals surface area (Å²) in [6.07, 6.45) is 1.95. The Balaban J connectivity index is 2.25. The number of aliphatic hydroxyl groups excluding tert-OH is 1. The Morgan fingerprint density at radius 1 is 1.62 bits per heavy atom. The predicted molar refractivity (Wildman–Crippen MR) is 52.3 cm³/mol. The lowest BCUT2D eigenvalue weighted by atomic mass is 9.85. The minimum atomic E-state index is -0.278. The maximum atomic E-state index is 10.9. The fourth-order valence-electron chi connectivity index (χ4n) is 1.86. The highest BCUT2D eigenvalue weighted by molar-refractivity contribution is 6.11. The molecule has 0 spiro atoms. The molecule has 1 aliphatic carbocycles. The summed E-state index contributed by atoms with van der Waals surface area (Å²) in [5.41, 5.74) is 0. The Morgan fingerprint density at radius 3 is 2.77 bits per heavy atom. The molecule has 0 aromatic heterocycles. The summed E-state index contributed by atoms with van der Waals surface area (Å²) >= 11 is 0. The number of hydrogen-bond acceptors (Lipinski definition) is 3. The molecule has 0 amide bonds. The van der Waals surface area contributed by atoms with Crippen LogP contribution >= 0.6 is 0 Å². The van der Waals surface area contributed by atoms with Gasteiger partial charge in [-0.05, 0) is 12.8 Å². The monoisotopic (exact) mass is 184 g/mol. The second kappa shape index (κ2) is 4.65. The molecule has 0 unspecified atom stereocenters. The lowest BCUT2D eigenvalue weighted by Gasteiger charge is -2.13. The number of rotatable bonds is 3. The summed E-state index contributed by atoms with van der Waals surface area (Å²) in [6, 6.07) is 0. The van der Waals surface area contributed by atoms with Crippen molar-refractivity contribution in [2.45, 2.75) is 38.1 Å². The van der Waals surface area contributed by atoms with E-state index in [1.807, 2.05) is 0 Å². The van der Waals surface area contributed by atoms with Gasteiger partial charge in [0.25, 0.3) is 0 Å². The second-order valence-electron chi connectivity index (χ2n) is 3.94. The molecular weight excluding hydrogens is 167 g/mol. The van der Waals surface area contributed by atoms with Crippen LogP contribution in [0.5, 0.6) is 0 Å². The molecular formula is C9H17BO3. The Morgan fingerprint density at radius 2 is 2.31 bits per heavy atom. The van der Waals surface area contributed by atoms with Crippen molar-refractivity contribution in [3.8, 4) is 0 Å². The van der Waals surface area contributed by atoms with Crippen molar-refractivity contribution in [3.05, 3.63) is 0 Å². The van der Waals surface area contributed by atoms with Crippen LogP contribution in [-0.4, -0.2) is 31.6 Å². The topological polar surface area (TPSA) is 46.5 Å². The summed E-state index contributed by atoms with van der Waals surface area (Å²) in [7, 11) is 2.12. The Kier molecular flexibility index (Phi) is 3.79. The van der Waals surface area contributed by atoms with Crippen molar-refractivity contribution >= 4 is 13.8 Å². The van der Waals surface area contributed by atoms with Crippen molar-refractivity contribution in [1.82, 2.24) is 0 Å². The summed E-state index contributed by atoms with van der Waals surface area (Å²) < 4.78 is 4.99. The van der Waals surface area contributed by atoms with Crippen LogP contribution in [0.1, 0.15) is 26.2 Å². The normalized spacial score (nSPS) is 33.2. The van der Waals surface area contributed by atoms with Gasteiger partial charge in [0.1, 0.15) is 7.85 Å². The van der Waals surface area contributed by atoms with E-state index in [0.29, 0.717) is 18.8 Å². The van der Waals surface area contributed by atoms with E-state index in [1.165, 1.54) is 0 Å². The van der Waals surface area contributed by atoms with Gasteiger partial charge in [-0.1, -0.05) is 12.7 Å². The number of carbonyl (C=O) groups is 1. The van der Waals surface area contributed by atoms with Crippen LogP contribution in [-0.2, 0) is 9.53 Å². The van der Waals surface area contributed by atoms with Gasteiger partial charge in [0.2, 0.25) is 0 Å². The third-order valence-electron chi connectivity index (χ3n) is 2.64. The van der Waals surface area contributed by atoms with E-state index in [9.17, 15) is 9.90 Å². The third-order valence-corrected chi connectivity index (χ3v) is 2.64. The van der Waals surface area contributed by atoms with Gasteiger partial charge in [-0.3, -0.25) is 4.79 Å². The first-order valence-electron chi connectivity index (χ1n) is 4.97. The summed E-state index contributed by atoms with van der Waals surface area (Å²) in [6.45, 7) is 2.16. The average Bonchev–Trinajstić information content (AvgIpc) is 2.41. The van der Waals surface area contributed by atoms with Crippen molar-refractivity contribution in [3.63, 3.8) is 0 Å². The number of carbonyl (C=O) groups excluding carboxylic acids is 1. The van der Waals surface area contributed by atoms with Crippen LogP contribution in [0, 0.1) is 5.92 Å². The number of aliphatic hydroxyl groups is 1. The van der Waals surface area contributed by atoms with E-state index in [4.69, 9.17) is 4.74 Å². The zero-order chi connectivity index (χ0) is 9.84. The first-order valence-corrected chi connectivity index (χ1v) is 4.97. The molecule has 1 rings (SSSR count). The van der Waals surface area contributed by atoms with Crippen LogP contribution in [0.15, 0.2) is 0 Å². The fourth-order valence-corrected chi connectivity index (χ4v) is 1.86. The van der Waals surface area contributed by atoms with E-state index in [1.54, 1.807) is 6.92 Å². The fraction of sp³-hybridized carbons (Fsp3) is 0.889. The molecule has 1 fully saturated rings. The van der Waals surface area contributed by atoms with Crippen molar-refractivity contribution in [2.75, 3.05) is 6.61 Å². The van der Waals surface area contributed by atoms with E-state index < -0.39 is 0 Å². The smallest absolute Gasteiger partial charge is 0.305 e. The number of ether oxygens (including phenoxy) is 1. The molecule has 0 heterocycles. The molecule has 3 nitrogen and oxygen atoms in total. The van der Waals surface area contributed by atoms with Crippen molar-refractivity contribution in [1.29, 1.82) is 0 Å². The zero-order valence-electron chi connectivity index (χ0n) is 8.32. The molecule has 0 radical (unpaired) electrons. The minimum Gasteiger partial charge on any atom is -0.465 e. The van der Waals surface area contributed by atoms with E-state index in [-0.39, 0.29) is 18.0 Å². The maximum absolute atomic E-state index is 10.9. The number of hydrogen-bond donors (Lipinski definition) is 1. The van der Waals surface area contributed by atoms with Crippen LogP contribution in [0.25, 0.3) is 0 Å². The second-order valence-corrected chi connectivity index (χ2v) is 3.94. The average molecular weight is 184 g/mol. The highest BCUT2D eigenvalue weighted by Crippen LogP contribution is 2.33. The first kappa shape index (κ1) is 10.6. The molecule has 3 atom stereocenters. The Labute approximate surface area is 79.9 Å². The van der Waals surface area contributed by atoms with Gasteiger partial charge in [-0.15, -0.1) is 0 Å². The standard InChI is InChI=1S/C9H17BO3/c1-2-9(12)13-5-6-3-7(10)4-8(6)11/h6-8,11H,2-5,10H2,1H3/t6-,7-,8-/m0/s1. The molecule has 0 aromatic rings. The molecule has 0 aliphatic heterocycles. The van der Waals surface area contributed by atoms with Crippen LogP contribution in [0.2, 0.25) is 5.82 Å². The van der Waals surface area contributed by atoms with Gasteiger partial charge in [-0.25, -0.2) is 0 Å². The van der Waals surface area contributed by atoms with E-state index in [0.717, 1.165) is 12.8 Å². The molecule has 13 heavy (non-hydrogen) atoms. The van der Waals surface area contributed by atoms with Crippen LogP contribution < -0.4 is 0 Å². The Bertz CT molecular complexity index is 184. The third kappa shape index (κ3) is 3.03. The van der Waals surface area contributed by atoms with E-state index in [2.05, 4.69) is 7.85 Å². The highest BCUT2D eigenvalue weighted by Gasteiger charge is 2.30. The van der Waals surface area contributed by atoms with Gasteiger partial charge >= 0.3 is 5.97 Å². The Hall–Kier alpha value is -0.505. The maximum Gasteiger partial charge on any atom is 0.305 e. The van der Waals surface area contributed by atoms with Gasteiger partial charge in [0.15, 0.2) is 0 Å². The van der Waals surface area contributed by atoms with Gasteiger partial charge < -0.3 is 9.84 Å². The SMILES string of the molecule is B[C@H]1C[C@@H](COC(=O)CC)[C@@H](O)C1. The quantitative estimate of drug-likeness (QED) is 0.501. The molecule has 1 N–H and O–H groups in total. The predicted octanol–water partition coefficient (Wildman–Crippen LogP) is 0.132.